The minimum Gasteiger partial charge on any atom is -0.465 e. The molecular weight excluding hydrogens is 184 g/mol. The molecule has 0 radical (unpaired) electrons. The molecule has 0 amide bonds. The minimum atomic E-state index is -0.677. The summed E-state index contributed by atoms with van der Waals surface area (Å²) in [6, 6.07) is 0. The van der Waals surface area contributed by atoms with Gasteiger partial charge in [-0.15, -0.1) is 0 Å². The van der Waals surface area contributed by atoms with Crippen LogP contribution in [0.5, 0.6) is 0 Å². The van der Waals surface area contributed by atoms with Crippen LogP contribution in [0.3, 0.4) is 0 Å². The van der Waals surface area contributed by atoms with Crippen LogP contribution >= 0.6 is 0 Å². The van der Waals surface area contributed by atoms with Gasteiger partial charge in [0, 0.05) is 0 Å². The van der Waals surface area contributed by atoms with Crippen molar-refractivity contribution in [2.24, 2.45) is 0 Å². The Morgan fingerprint density at radius 3 is 2.00 bits per heavy atom. The summed E-state index contributed by atoms with van der Waals surface area (Å²) >= 11 is 0. The van der Waals surface area contributed by atoms with E-state index in [1.165, 1.54) is 26.4 Å². The summed E-state index contributed by atoms with van der Waals surface area (Å²) in [4.78, 5) is 22.2. The molecule has 76 valence electrons. The van der Waals surface area contributed by atoms with E-state index in [0.29, 0.717) is 0 Å². The molecule has 4 nitrogen and oxygen atoms in total. The van der Waals surface area contributed by atoms with Crippen molar-refractivity contribution in [3.8, 4) is 0 Å². The third-order valence-corrected chi connectivity index (χ3v) is 1.45. The van der Waals surface area contributed by atoms with Gasteiger partial charge in [0.2, 0.25) is 0 Å². The van der Waals surface area contributed by atoms with E-state index in [1.54, 1.807) is 0 Å². The maximum atomic E-state index is 11.2. The van der Waals surface area contributed by atoms with Gasteiger partial charge in [-0.25, -0.2) is 9.59 Å². The molecule has 0 aliphatic heterocycles. The maximum absolute atomic E-state index is 11.2. The number of allylic oxidation sites excluding steroid dienone is 2. The highest BCUT2D eigenvalue weighted by Gasteiger charge is 2.18. The fraction of sp³-hybridized carbons (Fsp3) is 0.200. The molecule has 0 unspecified atom stereocenters. The van der Waals surface area contributed by atoms with E-state index >= 15 is 0 Å². The molecule has 14 heavy (non-hydrogen) atoms. The first kappa shape index (κ1) is 12.2. The lowest BCUT2D eigenvalue weighted by Crippen LogP contribution is -2.13. The van der Waals surface area contributed by atoms with Crippen molar-refractivity contribution in [2.45, 2.75) is 0 Å². The van der Waals surface area contributed by atoms with Crippen molar-refractivity contribution in [2.75, 3.05) is 14.2 Å². The molecule has 0 aliphatic carbocycles. The minimum absolute atomic E-state index is 0.0364. The number of ether oxygens (including phenoxy) is 2. The smallest absolute Gasteiger partial charge is 0.338 e. The lowest BCUT2D eigenvalue weighted by atomic mass is 10.1. The average molecular weight is 196 g/mol. The average Bonchev–Trinajstić information content (AvgIpc) is 2.22. The van der Waals surface area contributed by atoms with Crippen LogP contribution in [0.15, 0.2) is 36.5 Å². The Hall–Kier alpha value is -1.84. The third-order valence-electron chi connectivity index (χ3n) is 1.45. The predicted molar refractivity (Wildman–Crippen MR) is 51.5 cm³/mol. The van der Waals surface area contributed by atoms with E-state index in [4.69, 9.17) is 0 Å². The van der Waals surface area contributed by atoms with Gasteiger partial charge < -0.3 is 9.47 Å². The van der Waals surface area contributed by atoms with Crippen LogP contribution in [-0.2, 0) is 19.1 Å². The first-order valence-corrected chi connectivity index (χ1v) is 3.77. The summed E-state index contributed by atoms with van der Waals surface area (Å²) in [5, 5.41) is 0. The third kappa shape index (κ3) is 2.90. The van der Waals surface area contributed by atoms with E-state index in [1.807, 2.05) is 0 Å². The van der Waals surface area contributed by atoms with Crippen molar-refractivity contribution < 1.29 is 19.1 Å². The van der Waals surface area contributed by atoms with E-state index in [2.05, 4.69) is 22.6 Å². The number of methoxy groups -OCH3 is 2. The highest BCUT2D eigenvalue weighted by atomic mass is 16.5. The van der Waals surface area contributed by atoms with E-state index in [-0.39, 0.29) is 11.1 Å². The molecule has 0 N–H and O–H groups in total. The van der Waals surface area contributed by atoms with Crippen molar-refractivity contribution in [1.29, 1.82) is 0 Å². The van der Waals surface area contributed by atoms with Crippen molar-refractivity contribution in [3.05, 3.63) is 36.5 Å². The zero-order valence-electron chi connectivity index (χ0n) is 8.20. The molecule has 0 saturated carbocycles. The van der Waals surface area contributed by atoms with Gasteiger partial charge in [0.05, 0.1) is 25.4 Å². The van der Waals surface area contributed by atoms with Crippen LogP contribution in [0.2, 0.25) is 0 Å². The standard InChI is InChI=1S/C10H12O4/c1-5-6-8(10(12)14-4)7(2)9(11)13-3/h5-6H,1-2H2,3-4H3/b8-6+. The topological polar surface area (TPSA) is 52.6 Å². The molecule has 0 rings (SSSR count). The van der Waals surface area contributed by atoms with Crippen molar-refractivity contribution >= 4 is 11.9 Å². The summed E-state index contributed by atoms with van der Waals surface area (Å²) in [6.07, 6.45) is 2.70. The van der Waals surface area contributed by atoms with Crippen molar-refractivity contribution in [3.63, 3.8) is 0 Å². The van der Waals surface area contributed by atoms with Crippen LogP contribution < -0.4 is 0 Å². The van der Waals surface area contributed by atoms with E-state index in [0.717, 1.165) is 0 Å². The van der Waals surface area contributed by atoms with Gasteiger partial charge in [-0.05, 0) is 6.08 Å². The fourth-order valence-corrected chi connectivity index (χ4v) is 0.753. The lowest BCUT2D eigenvalue weighted by molar-refractivity contribution is -0.139. The molecule has 0 aromatic heterocycles. The van der Waals surface area contributed by atoms with Gasteiger partial charge in [0.25, 0.3) is 0 Å². The molecule has 0 atom stereocenters. The zero-order chi connectivity index (χ0) is 11.1. The van der Waals surface area contributed by atoms with Crippen LogP contribution in [0.1, 0.15) is 0 Å². The number of rotatable bonds is 4. The van der Waals surface area contributed by atoms with Crippen LogP contribution in [0, 0.1) is 0 Å². The molecule has 0 bridgehead atoms. The van der Waals surface area contributed by atoms with Gasteiger partial charge in [0.1, 0.15) is 0 Å². The second-order valence-corrected chi connectivity index (χ2v) is 2.28. The molecular formula is C10H12O4. The summed E-state index contributed by atoms with van der Waals surface area (Å²) in [5.41, 5.74) is -0.0198. The normalized spacial score (nSPS) is 10.3. The second kappa shape index (κ2) is 5.75. The Balaban J connectivity index is 4.94. The maximum Gasteiger partial charge on any atom is 0.338 e. The van der Waals surface area contributed by atoms with E-state index < -0.39 is 11.9 Å². The summed E-state index contributed by atoms with van der Waals surface area (Å²) < 4.78 is 8.87. The lowest BCUT2D eigenvalue weighted by Gasteiger charge is -2.05. The Bertz CT molecular complexity index is 299. The molecule has 0 aliphatic rings. The monoisotopic (exact) mass is 196 g/mol. The first-order valence-electron chi connectivity index (χ1n) is 3.77. The number of hydrogen-bond acceptors (Lipinski definition) is 4. The summed E-state index contributed by atoms with van der Waals surface area (Å²) in [6.45, 7) is 6.83. The highest BCUT2D eigenvalue weighted by Crippen LogP contribution is 2.11. The zero-order valence-corrected chi connectivity index (χ0v) is 8.20. The highest BCUT2D eigenvalue weighted by molar-refractivity contribution is 6.06. The second-order valence-electron chi connectivity index (χ2n) is 2.28. The molecule has 0 fully saturated rings. The van der Waals surface area contributed by atoms with Gasteiger partial charge in [0.15, 0.2) is 0 Å². The number of carbonyl (C=O) groups excluding carboxylic acids is 2. The van der Waals surface area contributed by atoms with Gasteiger partial charge >= 0.3 is 11.9 Å². The SMILES string of the molecule is C=C/C=C(\C(=C)C(=O)OC)C(=O)OC. The first-order chi connectivity index (χ1) is 6.58. The van der Waals surface area contributed by atoms with Gasteiger partial charge in [-0.2, -0.15) is 0 Å². The predicted octanol–water partition coefficient (Wildman–Crippen LogP) is 1.00. The fourth-order valence-electron chi connectivity index (χ4n) is 0.753. The molecule has 0 aromatic rings. The van der Waals surface area contributed by atoms with Gasteiger partial charge in [-0.1, -0.05) is 19.2 Å². The molecule has 4 heteroatoms. The summed E-state index contributed by atoms with van der Waals surface area (Å²) in [7, 11) is 2.42. The van der Waals surface area contributed by atoms with Crippen LogP contribution in [0.4, 0.5) is 0 Å². The molecule has 0 spiro atoms. The van der Waals surface area contributed by atoms with Crippen molar-refractivity contribution in [1.82, 2.24) is 0 Å². The molecule has 0 heterocycles. The Morgan fingerprint density at radius 1 is 1.14 bits per heavy atom. The quantitative estimate of drug-likeness (QED) is 0.382. The Morgan fingerprint density at radius 2 is 1.64 bits per heavy atom. The summed E-state index contributed by atoms with van der Waals surface area (Å²) in [5.74, 6) is -1.33. The number of carbonyl (C=O) groups is 2. The number of esters is 2. The molecule has 0 saturated heterocycles. The number of hydrogen-bond donors (Lipinski definition) is 0. The van der Waals surface area contributed by atoms with Gasteiger partial charge in [-0.3, -0.25) is 0 Å². The molecule has 0 aromatic carbocycles. The Labute approximate surface area is 82.5 Å². The van der Waals surface area contributed by atoms with Crippen LogP contribution in [0.25, 0.3) is 0 Å². The largest absolute Gasteiger partial charge is 0.465 e. The van der Waals surface area contributed by atoms with E-state index in [9.17, 15) is 9.59 Å². The Kier molecular flexibility index (Phi) is 4.99. The van der Waals surface area contributed by atoms with Crippen LogP contribution in [-0.4, -0.2) is 26.2 Å².